The van der Waals surface area contributed by atoms with Gasteiger partial charge in [0, 0.05) is 35.9 Å². The number of aliphatic hydroxyl groups excluding tert-OH is 1. The molecule has 1 saturated heterocycles. The molecule has 1 fully saturated rings. The van der Waals surface area contributed by atoms with Crippen molar-refractivity contribution in [1.82, 2.24) is 0 Å². The van der Waals surface area contributed by atoms with Crippen molar-refractivity contribution in [2.45, 2.75) is 43.7 Å². The standard InChI is InChI=1S/C32H34N2O6Si/c1-5-17-33-24-15-14-21(34-25-11-7-9-13-27(25)39-26-12-8-6-10-22(26)30(34)36)19-23(24)32(31(33)37)20(2)29(41(3,4)38)28(40-32)16-18-35/h5-15,19-20,28-29,35,38H,1,16-18H2,2-4H3/t20-,28+,29-,32+/m1/s1. The highest BCUT2D eigenvalue weighted by molar-refractivity contribution is 6.71. The zero-order valence-electron chi connectivity index (χ0n) is 23.4. The molecule has 2 N–H and O–H groups in total. The average molecular weight is 571 g/mol. The summed E-state index contributed by atoms with van der Waals surface area (Å²) in [5.41, 5.74) is 1.21. The molecular weight excluding hydrogens is 536 g/mol. The molecule has 8 nitrogen and oxygen atoms in total. The first-order valence-corrected chi connectivity index (χ1v) is 16.9. The molecule has 1 spiro atoms. The van der Waals surface area contributed by atoms with Gasteiger partial charge in [0.1, 0.15) is 5.75 Å². The van der Waals surface area contributed by atoms with E-state index in [4.69, 9.17) is 9.47 Å². The van der Waals surface area contributed by atoms with E-state index in [0.29, 0.717) is 46.1 Å². The van der Waals surface area contributed by atoms with Crippen LogP contribution in [0.3, 0.4) is 0 Å². The lowest BCUT2D eigenvalue weighted by atomic mass is 9.82. The van der Waals surface area contributed by atoms with Gasteiger partial charge in [-0.05, 0) is 62.0 Å². The van der Waals surface area contributed by atoms with Crippen molar-refractivity contribution in [3.8, 4) is 11.5 Å². The number of carbonyl (C=O) groups is 2. The number of ether oxygens (including phenoxy) is 2. The minimum Gasteiger partial charge on any atom is -0.454 e. The number of fused-ring (bicyclic) bond motifs is 4. The van der Waals surface area contributed by atoms with Crippen LogP contribution in [-0.4, -0.2) is 49.3 Å². The molecule has 212 valence electrons. The smallest absolute Gasteiger partial charge is 0.266 e. The Morgan fingerprint density at radius 3 is 2.44 bits per heavy atom. The minimum atomic E-state index is -2.83. The van der Waals surface area contributed by atoms with Gasteiger partial charge in [-0.25, -0.2) is 0 Å². The van der Waals surface area contributed by atoms with Crippen LogP contribution in [0.15, 0.2) is 79.4 Å². The van der Waals surface area contributed by atoms with Crippen LogP contribution < -0.4 is 14.5 Å². The normalized spacial score (nSPS) is 25.0. The number of rotatable bonds is 6. The third-order valence-electron chi connectivity index (χ3n) is 8.60. The molecule has 3 aliphatic rings. The molecule has 0 aliphatic carbocycles. The predicted octanol–water partition coefficient (Wildman–Crippen LogP) is 5.48. The molecule has 0 saturated carbocycles. The van der Waals surface area contributed by atoms with Crippen molar-refractivity contribution in [3.05, 3.63) is 90.5 Å². The molecule has 6 rings (SSSR count). The molecule has 0 aromatic heterocycles. The second kappa shape index (κ2) is 9.95. The maximum absolute atomic E-state index is 14.3. The second-order valence-electron chi connectivity index (χ2n) is 11.5. The van der Waals surface area contributed by atoms with Crippen molar-refractivity contribution < 1.29 is 29.0 Å². The van der Waals surface area contributed by atoms with E-state index in [1.807, 2.05) is 68.5 Å². The highest BCUT2D eigenvalue weighted by Gasteiger charge is 2.66. The van der Waals surface area contributed by atoms with Gasteiger partial charge in [0.05, 0.1) is 23.0 Å². The van der Waals surface area contributed by atoms with E-state index in [2.05, 4.69) is 6.58 Å². The Hall–Kier alpha value is -3.76. The highest BCUT2D eigenvalue weighted by Crippen LogP contribution is 2.60. The summed E-state index contributed by atoms with van der Waals surface area (Å²) in [6.07, 6.45) is 1.49. The fraction of sp³-hybridized carbons (Fsp3) is 0.312. The molecule has 3 heterocycles. The summed E-state index contributed by atoms with van der Waals surface area (Å²) < 4.78 is 12.9. The highest BCUT2D eigenvalue weighted by atomic mass is 28.4. The Bertz CT molecular complexity index is 1550. The van der Waals surface area contributed by atoms with Gasteiger partial charge >= 0.3 is 0 Å². The SMILES string of the molecule is C=CCN1C(=O)[C@@]2(O[C@@H](CCO)[C@H]([Si](C)(C)O)[C@H]2C)c2cc(N3C(=O)c4ccccc4Oc4ccccc43)ccc21. The summed E-state index contributed by atoms with van der Waals surface area (Å²) in [6.45, 7) is 9.67. The van der Waals surface area contributed by atoms with E-state index < -0.39 is 20.0 Å². The molecule has 2 amide bonds. The number of hydrogen-bond acceptors (Lipinski definition) is 6. The first-order valence-electron chi connectivity index (χ1n) is 13.9. The number of hydrogen-bond donors (Lipinski definition) is 2. The maximum Gasteiger partial charge on any atom is 0.266 e. The zero-order valence-corrected chi connectivity index (χ0v) is 24.4. The molecule has 9 heteroatoms. The van der Waals surface area contributed by atoms with Gasteiger partial charge in [0.25, 0.3) is 11.8 Å². The van der Waals surface area contributed by atoms with Crippen molar-refractivity contribution in [2.75, 3.05) is 23.0 Å². The molecule has 0 bridgehead atoms. The van der Waals surface area contributed by atoms with E-state index in [0.717, 1.165) is 0 Å². The molecular formula is C32H34N2O6Si. The largest absolute Gasteiger partial charge is 0.454 e. The number of para-hydroxylation sites is 3. The predicted molar refractivity (Wildman–Crippen MR) is 159 cm³/mol. The first-order chi connectivity index (χ1) is 19.6. The summed E-state index contributed by atoms with van der Waals surface area (Å²) in [7, 11) is -2.83. The van der Waals surface area contributed by atoms with Crippen molar-refractivity contribution in [2.24, 2.45) is 5.92 Å². The maximum atomic E-state index is 14.3. The van der Waals surface area contributed by atoms with Crippen molar-refractivity contribution in [3.63, 3.8) is 0 Å². The Kier molecular flexibility index (Phi) is 6.65. The molecule has 4 atom stereocenters. The van der Waals surface area contributed by atoms with Gasteiger partial charge in [0.2, 0.25) is 0 Å². The van der Waals surface area contributed by atoms with Gasteiger partial charge in [-0.15, -0.1) is 6.58 Å². The molecule has 0 unspecified atom stereocenters. The third-order valence-corrected chi connectivity index (χ3v) is 11.1. The lowest BCUT2D eigenvalue weighted by Gasteiger charge is -2.32. The van der Waals surface area contributed by atoms with Gasteiger partial charge in [0.15, 0.2) is 19.7 Å². The number of nitrogens with zero attached hydrogens (tertiary/aromatic N) is 2. The minimum absolute atomic E-state index is 0.121. The van der Waals surface area contributed by atoms with Crippen LogP contribution in [0.1, 0.15) is 29.3 Å². The Balaban J connectivity index is 1.56. The van der Waals surface area contributed by atoms with Crippen LogP contribution in [0.5, 0.6) is 11.5 Å². The van der Waals surface area contributed by atoms with Crippen LogP contribution in [-0.2, 0) is 15.1 Å². The van der Waals surface area contributed by atoms with Crippen molar-refractivity contribution >= 4 is 37.2 Å². The molecule has 3 aromatic carbocycles. The van der Waals surface area contributed by atoms with Crippen LogP contribution >= 0.6 is 0 Å². The monoisotopic (exact) mass is 570 g/mol. The van der Waals surface area contributed by atoms with Crippen LogP contribution in [0, 0.1) is 5.92 Å². The molecule has 3 aliphatic heterocycles. The third kappa shape index (κ3) is 4.06. The summed E-state index contributed by atoms with van der Waals surface area (Å²) in [5.74, 6) is 0.143. The number of amides is 2. The van der Waals surface area contributed by atoms with Crippen molar-refractivity contribution in [1.29, 1.82) is 0 Å². The molecule has 3 aromatic rings. The molecule has 41 heavy (non-hydrogen) atoms. The summed E-state index contributed by atoms with van der Waals surface area (Å²) in [6, 6.07) is 20.0. The first kappa shape index (κ1) is 27.4. The Labute approximate surface area is 240 Å². The summed E-state index contributed by atoms with van der Waals surface area (Å²) in [4.78, 5) is 43.0. The number of anilines is 3. The lowest BCUT2D eigenvalue weighted by Crippen LogP contribution is -2.46. The zero-order chi connectivity index (χ0) is 29.1. The van der Waals surface area contributed by atoms with Gasteiger partial charge in [-0.2, -0.15) is 0 Å². The van der Waals surface area contributed by atoms with Gasteiger partial charge < -0.3 is 24.3 Å². The summed E-state index contributed by atoms with van der Waals surface area (Å²) >= 11 is 0. The van der Waals surface area contributed by atoms with Gasteiger partial charge in [-0.3, -0.25) is 14.5 Å². The van der Waals surface area contributed by atoms with Crippen LogP contribution in [0.4, 0.5) is 17.1 Å². The quantitative estimate of drug-likeness (QED) is 0.301. The Morgan fingerprint density at radius 1 is 1.02 bits per heavy atom. The topological polar surface area (TPSA) is 99.5 Å². The lowest BCUT2D eigenvalue weighted by molar-refractivity contribution is -0.146. The summed E-state index contributed by atoms with van der Waals surface area (Å²) in [5, 5.41) is 9.86. The van der Waals surface area contributed by atoms with Crippen LogP contribution in [0.2, 0.25) is 18.6 Å². The van der Waals surface area contributed by atoms with E-state index >= 15 is 0 Å². The second-order valence-corrected chi connectivity index (χ2v) is 15.5. The fourth-order valence-corrected chi connectivity index (χ4v) is 9.58. The van der Waals surface area contributed by atoms with E-state index in [-0.39, 0.29) is 36.4 Å². The van der Waals surface area contributed by atoms with Gasteiger partial charge in [-0.1, -0.05) is 37.3 Å². The van der Waals surface area contributed by atoms with E-state index in [1.165, 1.54) is 0 Å². The van der Waals surface area contributed by atoms with E-state index in [9.17, 15) is 19.5 Å². The number of benzene rings is 3. The molecule has 0 radical (unpaired) electrons. The van der Waals surface area contributed by atoms with E-state index in [1.54, 1.807) is 34.1 Å². The average Bonchev–Trinajstić information content (AvgIpc) is 3.31. The number of carbonyl (C=O) groups excluding carboxylic acids is 2. The Morgan fingerprint density at radius 2 is 1.73 bits per heavy atom. The fourth-order valence-electron chi connectivity index (χ4n) is 6.98. The van der Waals surface area contributed by atoms with Crippen LogP contribution in [0.25, 0.3) is 0 Å². The number of aliphatic hydroxyl groups is 1.